The maximum Gasteiger partial charge on any atom is 0.328 e. The highest BCUT2D eigenvalue weighted by molar-refractivity contribution is 5.83. The highest BCUT2D eigenvalue weighted by Gasteiger charge is 2.05. The molecule has 0 saturated heterocycles. The second-order valence-electron chi connectivity index (χ2n) is 3.12. The van der Waals surface area contributed by atoms with E-state index in [1.807, 2.05) is 9.97 Å². The quantitative estimate of drug-likeness (QED) is 0.628. The molecular formula is C10H8N4O3. The van der Waals surface area contributed by atoms with Gasteiger partial charge in [0.25, 0.3) is 5.56 Å². The van der Waals surface area contributed by atoms with E-state index < -0.39 is 17.1 Å². The van der Waals surface area contributed by atoms with Crippen LogP contribution in [-0.2, 0) is 0 Å². The van der Waals surface area contributed by atoms with Crippen molar-refractivity contribution in [3.8, 4) is 5.88 Å². The van der Waals surface area contributed by atoms with E-state index in [0.717, 1.165) is 6.21 Å². The molecule has 0 aliphatic carbocycles. The van der Waals surface area contributed by atoms with Gasteiger partial charge in [-0.15, -0.1) is 0 Å². The Kier molecular flexibility index (Phi) is 2.82. The lowest BCUT2D eigenvalue weighted by molar-refractivity contribution is 0.447. The lowest BCUT2D eigenvalue weighted by atomic mass is 10.3. The minimum Gasteiger partial charge on any atom is -0.494 e. The molecule has 7 heteroatoms. The van der Waals surface area contributed by atoms with Gasteiger partial charge in [0.2, 0.25) is 5.88 Å². The number of H-pyrrole nitrogens is 2. The Labute approximate surface area is 94.5 Å². The van der Waals surface area contributed by atoms with Crippen LogP contribution < -0.4 is 11.2 Å². The zero-order valence-electron chi connectivity index (χ0n) is 8.54. The SMILES string of the molecule is O=c1[nH]c(O)c(C=Nc2ccccn2)c(=O)[nH]1. The smallest absolute Gasteiger partial charge is 0.328 e. The third-order valence-corrected chi connectivity index (χ3v) is 1.93. The zero-order valence-corrected chi connectivity index (χ0v) is 8.54. The molecule has 0 aromatic carbocycles. The summed E-state index contributed by atoms with van der Waals surface area (Å²) in [7, 11) is 0. The fraction of sp³-hybridized carbons (Fsp3) is 0. The molecule has 0 amide bonds. The van der Waals surface area contributed by atoms with E-state index in [0.29, 0.717) is 5.82 Å². The molecule has 86 valence electrons. The summed E-state index contributed by atoms with van der Waals surface area (Å²) in [4.78, 5) is 34.0. The molecule has 0 unspecified atom stereocenters. The largest absolute Gasteiger partial charge is 0.494 e. The van der Waals surface area contributed by atoms with Crippen LogP contribution in [-0.4, -0.2) is 26.3 Å². The fourth-order valence-electron chi connectivity index (χ4n) is 1.16. The summed E-state index contributed by atoms with van der Waals surface area (Å²) in [6, 6.07) is 5.09. The number of pyridine rings is 1. The Morgan fingerprint density at radius 3 is 2.76 bits per heavy atom. The summed E-state index contributed by atoms with van der Waals surface area (Å²) < 4.78 is 0. The standard InChI is InChI=1S/C10H8N4O3/c15-8-6(9(16)14-10(17)13-8)5-12-7-3-1-2-4-11-7/h1-5H,(H3,13,14,15,16,17). The Morgan fingerprint density at radius 1 is 1.29 bits per heavy atom. The van der Waals surface area contributed by atoms with E-state index in [9.17, 15) is 14.7 Å². The van der Waals surface area contributed by atoms with E-state index in [2.05, 4.69) is 9.98 Å². The summed E-state index contributed by atoms with van der Waals surface area (Å²) in [6.45, 7) is 0. The molecule has 17 heavy (non-hydrogen) atoms. The van der Waals surface area contributed by atoms with Gasteiger partial charge < -0.3 is 5.11 Å². The van der Waals surface area contributed by atoms with Crippen LogP contribution >= 0.6 is 0 Å². The van der Waals surface area contributed by atoms with E-state index >= 15 is 0 Å². The lowest BCUT2D eigenvalue weighted by Gasteiger charge is -1.95. The zero-order chi connectivity index (χ0) is 12.3. The molecule has 3 N–H and O–H groups in total. The van der Waals surface area contributed by atoms with Gasteiger partial charge in [0.15, 0.2) is 5.82 Å². The first-order chi connectivity index (χ1) is 8.16. The van der Waals surface area contributed by atoms with Crippen molar-refractivity contribution >= 4 is 12.0 Å². The van der Waals surface area contributed by atoms with Crippen LogP contribution in [0, 0.1) is 0 Å². The third-order valence-electron chi connectivity index (χ3n) is 1.93. The van der Waals surface area contributed by atoms with Crippen molar-refractivity contribution in [2.75, 3.05) is 0 Å². The Bertz CT molecular complexity index is 657. The average Bonchev–Trinajstić information content (AvgIpc) is 2.29. The van der Waals surface area contributed by atoms with Gasteiger partial charge in [0.1, 0.15) is 5.56 Å². The van der Waals surface area contributed by atoms with Gasteiger partial charge in [-0.3, -0.25) is 14.8 Å². The molecule has 0 bridgehead atoms. The average molecular weight is 232 g/mol. The highest BCUT2D eigenvalue weighted by Crippen LogP contribution is 2.07. The van der Waals surface area contributed by atoms with Gasteiger partial charge in [0.05, 0.1) is 0 Å². The third kappa shape index (κ3) is 2.46. The van der Waals surface area contributed by atoms with Crippen molar-refractivity contribution in [1.29, 1.82) is 0 Å². The van der Waals surface area contributed by atoms with Gasteiger partial charge in [0, 0.05) is 12.4 Å². The predicted molar refractivity (Wildman–Crippen MR) is 60.8 cm³/mol. The normalized spacial score (nSPS) is 10.8. The first-order valence-electron chi connectivity index (χ1n) is 4.67. The van der Waals surface area contributed by atoms with Gasteiger partial charge in [-0.1, -0.05) is 6.07 Å². The number of aromatic hydroxyl groups is 1. The number of hydrogen-bond donors (Lipinski definition) is 3. The molecule has 7 nitrogen and oxygen atoms in total. The van der Waals surface area contributed by atoms with E-state index in [1.165, 1.54) is 0 Å². The minimum absolute atomic E-state index is 0.129. The lowest BCUT2D eigenvalue weighted by Crippen LogP contribution is -2.24. The predicted octanol–water partition coefficient (Wildman–Crippen LogP) is -0.0856. The van der Waals surface area contributed by atoms with Crippen molar-refractivity contribution in [2.45, 2.75) is 0 Å². The van der Waals surface area contributed by atoms with Crippen LogP contribution in [0.2, 0.25) is 0 Å². The summed E-state index contributed by atoms with van der Waals surface area (Å²) >= 11 is 0. The number of nitrogens with zero attached hydrogens (tertiary/aromatic N) is 2. The molecule has 0 aliphatic heterocycles. The van der Waals surface area contributed by atoms with Gasteiger partial charge in [-0.05, 0) is 12.1 Å². The number of hydrogen-bond acceptors (Lipinski definition) is 5. The second-order valence-corrected chi connectivity index (χ2v) is 3.12. The summed E-state index contributed by atoms with van der Waals surface area (Å²) in [5.74, 6) is -0.143. The Balaban J connectivity index is 2.41. The summed E-state index contributed by atoms with van der Waals surface area (Å²) in [5.41, 5.74) is -1.62. The number of aromatic nitrogens is 3. The van der Waals surface area contributed by atoms with Gasteiger partial charge in [-0.2, -0.15) is 0 Å². The van der Waals surface area contributed by atoms with Crippen LogP contribution in [0.25, 0.3) is 0 Å². The van der Waals surface area contributed by atoms with Crippen molar-refractivity contribution in [3.05, 3.63) is 50.8 Å². The van der Waals surface area contributed by atoms with Crippen LogP contribution in [0.15, 0.2) is 39.0 Å². The van der Waals surface area contributed by atoms with Crippen LogP contribution in [0.4, 0.5) is 5.82 Å². The molecule has 0 radical (unpaired) electrons. The molecule has 2 heterocycles. The number of nitrogens with one attached hydrogen (secondary N) is 2. The fourth-order valence-corrected chi connectivity index (χ4v) is 1.16. The maximum atomic E-state index is 11.3. The molecule has 2 rings (SSSR count). The molecule has 2 aromatic rings. The highest BCUT2D eigenvalue weighted by atomic mass is 16.3. The number of aromatic amines is 2. The van der Waals surface area contributed by atoms with Crippen molar-refractivity contribution in [2.24, 2.45) is 4.99 Å². The van der Waals surface area contributed by atoms with Crippen LogP contribution in [0.1, 0.15) is 5.56 Å². The molecular weight excluding hydrogens is 224 g/mol. The Morgan fingerprint density at radius 2 is 2.12 bits per heavy atom. The molecule has 0 aliphatic rings. The van der Waals surface area contributed by atoms with E-state index in [1.54, 1.807) is 24.4 Å². The second kappa shape index (κ2) is 4.44. The Hall–Kier alpha value is -2.70. The number of rotatable bonds is 2. The minimum atomic E-state index is -0.775. The van der Waals surface area contributed by atoms with Crippen molar-refractivity contribution < 1.29 is 5.11 Å². The maximum absolute atomic E-state index is 11.3. The van der Waals surface area contributed by atoms with Crippen LogP contribution in [0.3, 0.4) is 0 Å². The molecule has 0 spiro atoms. The monoisotopic (exact) mass is 232 g/mol. The summed E-state index contributed by atoms with van der Waals surface area (Å²) in [5, 5.41) is 9.36. The topological polar surface area (TPSA) is 111 Å². The first-order valence-corrected chi connectivity index (χ1v) is 4.67. The van der Waals surface area contributed by atoms with Crippen molar-refractivity contribution in [1.82, 2.24) is 15.0 Å². The molecule has 0 atom stereocenters. The van der Waals surface area contributed by atoms with E-state index in [4.69, 9.17) is 0 Å². The summed E-state index contributed by atoms with van der Waals surface area (Å²) in [6.07, 6.45) is 2.68. The molecule has 0 fully saturated rings. The first kappa shape index (κ1) is 10.8. The van der Waals surface area contributed by atoms with Gasteiger partial charge in [-0.25, -0.2) is 14.8 Å². The molecule has 2 aromatic heterocycles. The van der Waals surface area contributed by atoms with Crippen molar-refractivity contribution in [3.63, 3.8) is 0 Å². The number of aliphatic imine (C=N–C) groups is 1. The van der Waals surface area contributed by atoms with Gasteiger partial charge >= 0.3 is 5.69 Å². The van der Waals surface area contributed by atoms with Crippen LogP contribution in [0.5, 0.6) is 5.88 Å². The molecule has 0 saturated carbocycles. The van der Waals surface area contributed by atoms with E-state index in [-0.39, 0.29) is 5.56 Å².